The predicted octanol–water partition coefficient (Wildman–Crippen LogP) is 3.16. The van der Waals surface area contributed by atoms with Crippen LogP contribution >= 0.6 is 0 Å². The molecule has 0 aliphatic heterocycles. The predicted molar refractivity (Wildman–Crippen MR) is 139 cm³/mol. The maximum atomic E-state index is 12.0. The smallest absolute Gasteiger partial charge is 0.337 e. The molecule has 10 heteroatoms. The van der Waals surface area contributed by atoms with Gasteiger partial charge in [-0.2, -0.15) is 0 Å². The molecule has 0 saturated heterocycles. The Morgan fingerprint density at radius 2 is 1.89 bits per heavy atom. The second-order valence-corrected chi connectivity index (χ2v) is 8.28. The van der Waals surface area contributed by atoms with Crippen molar-refractivity contribution in [2.75, 3.05) is 44.4 Å². The number of carbonyl (C=O) groups excluding carboxylic acids is 2. The van der Waals surface area contributed by atoms with Gasteiger partial charge in [0.2, 0.25) is 6.41 Å². The Bertz CT molecular complexity index is 1370. The van der Waals surface area contributed by atoms with Gasteiger partial charge in [0.05, 0.1) is 18.2 Å². The van der Waals surface area contributed by atoms with Gasteiger partial charge >= 0.3 is 5.97 Å². The molecule has 10 nitrogen and oxygen atoms in total. The molecule has 1 aromatic carbocycles. The lowest BCUT2D eigenvalue weighted by Crippen LogP contribution is -2.28. The van der Waals surface area contributed by atoms with E-state index in [1.165, 1.54) is 7.11 Å². The van der Waals surface area contributed by atoms with Gasteiger partial charge in [0.25, 0.3) is 0 Å². The van der Waals surface area contributed by atoms with Gasteiger partial charge in [-0.25, -0.2) is 19.7 Å². The van der Waals surface area contributed by atoms with Crippen LogP contribution in [0.3, 0.4) is 0 Å². The molecule has 36 heavy (non-hydrogen) atoms. The molecule has 0 fully saturated rings. The molecule has 3 heterocycles. The summed E-state index contributed by atoms with van der Waals surface area (Å²) in [6.45, 7) is 4.24. The van der Waals surface area contributed by atoms with Crippen LogP contribution in [0, 0.1) is 0 Å². The number of hydrogen-bond acceptors (Lipinski definition) is 8. The number of imidazole rings is 1. The first-order valence-corrected chi connectivity index (χ1v) is 11.7. The number of aromatic nitrogens is 4. The molecule has 0 atom stereocenters. The molecule has 0 aliphatic rings. The molecule has 1 amide bonds. The van der Waals surface area contributed by atoms with E-state index in [0.717, 1.165) is 37.4 Å². The van der Waals surface area contributed by atoms with Gasteiger partial charge in [-0.1, -0.05) is 0 Å². The first-order valence-electron chi connectivity index (χ1n) is 11.7. The monoisotopic (exact) mass is 487 g/mol. The highest BCUT2D eigenvalue weighted by molar-refractivity contribution is 5.90. The molecule has 0 aliphatic carbocycles. The minimum absolute atomic E-state index is 0.356. The van der Waals surface area contributed by atoms with Crippen LogP contribution < -0.4 is 10.6 Å². The minimum atomic E-state index is -0.409. The molecule has 0 radical (unpaired) electrons. The van der Waals surface area contributed by atoms with Crippen molar-refractivity contribution < 1.29 is 14.3 Å². The normalized spacial score (nSPS) is 10.9. The number of esters is 1. The average Bonchev–Trinajstić information content (AvgIpc) is 3.29. The molecule has 3 aromatic heterocycles. The lowest BCUT2D eigenvalue weighted by molar-refractivity contribution is -0.117. The summed E-state index contributed by atoms with van der Waals surface area (Å²) in [5, 5.41) is 0. The van der Waals surface area contributed by atoms with Crippen LogP contribution in [-0.2, 0) is 9.53 Å². The number of hydrogen-bond donors (Lipinski definition) is 1. The Hall–Kier alpha value is -4.47. The van der Waals surface area contributed by atoms with E-state index in [9.17, 15) is 9.59 Å². The fourth-order valence-corrected chi connectivity index (χ4v) is 4.02. The van der Waals surface area contributed by atoms with Crippen molar-refractivity contribution in [1.82, 2.24) is 24.4 Å². The zero-order valence-corrected chi connectivity index (χ0v) is 20.6. The van der Waals surface area contributed by atoms with Crippen LogP contribution in [0.15, 0.2) is 54.7 Å². The highest BCUT2D eigenvalue weighted by Crippen LogP contribution is 2.31. The number of nitrogens with zero attached hydrogens (tertiary/aromatic N) is 6. The van der Waals surface area contributed by atoms with Gasteiger partial charge in [-0.3, -0.25) is 9.36 Å². The third-order valence-corrected chi connectivity index (χ3v) is 5.94. The quantitative estimate of drug-likeness (QED) is 0.268. The molecule has 186 valence electrons. The summed E-state index contributed by atoms with van der Waals surface area (Å²) in [5.41, 5.74) is 9.45. The van der Waals surface area contributed by atoms with Crippen LogP contribution in [0.5, 0.6) is 0 Å². The fourth-order valence-electron chi connectivity index (χ4n) is 4.02. The van der Waals surface area contributed by atoms with E-state index in [4.69, 9.17) is 20.4 Å². The maximum absolute atomic E-state index is 12.0. The number of fused-ring (bicyclic) bond motifs is 1. The van der Waals surface area contributed by atoms with Crippen molar-refractivity contribution >= 4 is 35.2 Å². The number of anilines is 2. The Labute approximate surface area is 209 Å². The minimum Gasteiger partial charge on any atom is -0.465 e. The van der Waals surface area contributed by atoms with Crippen LogP contribution in [0.4, 0.5) is 11.6 Å². The molecule has 0 spiro atoms. The highest BCUT2D eigenvalue weighted by atomic mass is 16.5. The van der Waals surface area contributed by atoms with E-state index in [0.29, 0.717) is 40.5 Å². The molecule has 0 saturated carbocycles. The third kappa shape index (κ3) is 4.97. The number of nitrogens with two attached hydrogens (primary N) is 1. The first kappa shape index (κ1) is 24.6. The Morgan fingerprint density at radius 3 is 2.56 bits per heavy atom. The number of ether oxygens (including phenoxy) is 1. The summed E-state index contributed by atoms with van der Waals surface area (Å²) < 4.78 is 6.75. The molecular formula is C26H29N7O3. The van der Waals surface area contributed by atoms with Crippen LogP contribution in [-0.4, -0.2) is 70.6 Å². The average molecular weight is 488 g/mol. The largest absolute Gasteiger partial charge is 0.465 e. The third-order valence-electron chi connectivity index (χ3n) is 5.94. The van der Waals surface area contributed by atoms with Crippen molar-refractivity contribution in [1.29, 1.82) is 0 Å². The van der Waals surface area contributed by atoms with E-state index >= 15 is 0 Å². The van der Waals surface area contributed by atoms with Crippen molar-refractivity contribution in [3.05, 3.63) is 60.3 Å². The van der Waals surface area contributed by atoms with Crippen molar-refractivity contribution in [3.8, 4) is 17.1 Å². The van der Waals surface area contributed by atoms with Gasteiger partial charge in [-0.05, 0) is 61.9 Å². The number of carbonyl (C=O) groups is 2. The van der Waals surface area contributed by atoms with Crippen LogP contribution in [0.2, 0.25) is 0 Å². The van der Waals surface area contributed by atoms with Crippen LogP contribution in [0.1, 0.15) is 23.7 Å². The van der Waals surface area contributed by atoms with Crippen molar-refractivity contribution in [2.45, 2.75) is 13.3 Å². The molecule has 0 unspecified atom stereocenters. The standard InChI is InChI=1S/C26H29N7O3/c1-4-32(16-6-15-31(2)17-34)22-13-12-21-25(30-22)33(19-10-8-18(9-11-19)26(35)36-3)24(29-21)20-7-5-14-28-23(20)27/h5,7-14,17H,4,6,15-16H2,1-3H3,(H2,27,28). The van der Waals surface area contributed by atoms with Gasteiger partial charge in [0, 0.05) is 38.6 Å². The Kier molecular flexibility index (Phi) is 7.43. The summed E-state index contributed by atoms with van der Waals surface area (Å²) in [6, 6.07) is 14.6. The van der Waals surface area contributed by atoms with Gasteiger partial charge in [0.1, 0.15) is 17.2 Å². The summed E-state index contributed by atoms with van der Waals surface area (Å²) in [5.74, 6) is 1.35. The lowest BCUT2D eigenvalue weighted by Gasteiger charge is -2.23. The lowest BCUT2D eigenvalue weighted by atomic mass is 10.2. The summed E-state index contributed by atoms with van der Waals surface area (Å²) in [7, 11) is 3.12. The number of methoxy groups -OCH3 is 1. The van der Waals surface area contributed by atoms with E-state index in [2.05, 4.69) is 16.8 Å². The molecular weight excluding hydrogens is 458 g/mol. The number of amides is 1. The Balaban J connectivity index is 1.82. The second kappa shape index (κ2) is 10.9. The highest BCUT2D eigenvalue weighted by Gasteiger charge is 2.20. The molecule has 0 bridgehead atoms. The van der Waals surface area contributed by atoms with Gasteiger partial charge in [-0.15, -0.1) is 0 Å². The van der Waals surface area contributed by atoms with Crippen molar-refractivity contribution in [3.63, 3.8) is 0 Å². The van der Waals surface area contributed by atoms with E-state index in [-0.39, 0.29) is 0 Å². The number of benzene rings is 1. The maximum Gasteiger partial charge on any atom is 0.337 e. The number of pyridine rings is 2. The fraction of sp³-hybridized carbons (Fsp3) is 0.269. The summed E-state index contributed by atoms with van der Waals surface area (Å²) in [6.07, 6.45) is 3.28. The molecule has 4 aromatic rings. The zero-order valence-electron chi connectivity index (χ0n) is 20.6. The number of nitrogen functional groups attached to an aromatic ring is 1. The first-order chi connectivity index (χ1) is 17.5. The van der Waals surface area contributed by atoms with E-state index < -0.39 is 5.97 Å². The SMILES string of the molecule is CCN(CCCN(C)C=O)c1ccc2nc(-c3cccnc3N)n(-c3ccc(C(=O)OC)cc3)c2n1. The summed E-state index contributed by atoms with van der Waals surface area (Å²) in [4.78, 5) is 40.7. The van der Waals surface area contributed by atoms with E-state index in [1.807, 2.05) is 41.0 Å². The van der Waals surface area contributed by atoms with Crippen molar-refractivity contribution in [2.24, 2.45) is 0 Å². The summed E-state index contributed by atoms with van der Waals surface area (Å²) >= 11 is 0. The van der Waals surface area contributed by atoms with Crippen LogP contribution in [0.25, 0.3) is 28.2 Å². The molecule has 2 N–H and O–H groups in total. The Morgan fingerprint density at radius 1 is 1.11 bits per heavy atom. The zero-order chi connectivity index (χ0) is 25.7. The van der Waals surface area contributed by atoms with E-state index in [1.54, 1.807) is 30.3 Å². The van der Waals surface area contributed by atoms with Gasteiger partial charge in [0.15, 0.2) is 11.5 Å². The molecule has 4 rings (SSSR count). The topological polar surface area (TPSA) is 119 Å². The second-order valence-electron chi connectivity index (χ2n) is 8.28. The van der Waals surface area contributed by atoms with Gasteiger partial charge < -0.3 is 20.3 Å². The number of rotatable bonds is 10.